The highest BCUT2D eigenvalue weighted by atomic mass is 32.2. The van der Waals surface area contributed by atoms with E-state index in [2.05, 4.69) is 20.4 Å². The van der Waals surface area contributed by atoms with Crippen molar-refractivity contribution in [1.82, 2.24) is 19.6 Å². The van der Waals surface area contributed by atoms with Crippen LogP contribution in [0.1, 0.15) is 12.5 Å². The summed E-state index contributed by atoms with van der Waals surface area (Å²) in [5.74, 6) is -0.0776. The van der Waals surface area contributed by atoms with E-state index in [1.54, 1.807) is 10.8 Å². The minimum atomic E-state index is -0.328. The monoisotopic (exact) mass is 363 g/mol. The van der Waals surface area contributed by atoms with Crippen LogP contribution in [0.25, 0.3) is 16.6 Å². The van der Waals surface area contributed by atoms with E-state index in [-0.39, 0.29) is 11.2 Å². The molecule has 0 aliphatic rings. The van der Waals surface area contributed by atoms with Gasteiger partial charge in [-0.25, -0.2) is 14.5 Å². The number of nitrogens with one attached hydrogen (secondary N) is 1. The lowest BCUT2D eigenvalue weighted by Crippen LogP contribution is -2.22. The van der Waals surface area contributed by atoms with E-state index >= 15 is 0 Å². The summed E-state index contributed by atoms with van der Waals surface area (Å²) in [7, 11) is 0. The van der Waals surface area contributed by atoms with Crippen LogP contribution in [0.4, 0.5) is 5.69 Å². The third kappa shape index (κ3) is 3.13. The summed E-state index contributed by atoms with van der Waals surface area (Å²) in [6.45, 7) is 3.82. The van der Waals surface area contributed by atoms with Crippen molar-refractivity contribution in [2.24, 2.45) is 0 Å². The second kappa shape index (κ2) is 6.76. The average Bonchev–Trinajstić information content (AvgIpc) is 3.06. The molecule has 0 bridgehead atoms. The number of aryl methyl sites for hydroxylation is 1. The van der Waals surface area contributed by atoms with Crippen molar-refractivity contribution in [3.8, 4) is 0 Å². The molecular formula is C19H17N5OS. The van der Waals surface area contributed by atoms with Crippen molar-refractivity contribution in [2.45, 2.75) is 24.3 Å². The van der Waals surface area contributed by atoms with Gasteiger partial charge >= 0.3 is 0 Å². The van der Waals surface area contributed by atoms with E-state index in [1.165, 1.54) is 11.8 Å². The molecule has 4 rings (SSSR count). The summed E-state index contributed by atoms with van der Waals surface area (Å²) >= 11 is 1.33. The smallest absolute Gasteiger partial charge is 0.237 e. The first-order chi connectivity index (χ1) is 12.6. The molecule has 0 saturated carbocycles. The fourth-order valence-electron chi connectivity index (χ4n) is 2.67. The molecule has 6 nitrogen and oxygen atoms in total. The van der Waals surface area contributed by atoms with Crippen molar-refractivity contribution in [1.29, 1.82) is 0 Å². The fourth-order valence-corrected chi connectivity index (χ4v) is 3.43. The van der Waals surface area contributed by atoms with Crippen molar-refractivity contribution in [3.05, 3.63) is 60.4 Å². The number of rotatable bonds is 4. The maximum Gasteiger partial charge on any atom is 0.237 e. The van der Waals surface area contributed by atoms with Gasteiger partial charge in [-0.15, -0.1) is 5.10 Å². The van der Waals surface area contributed by atoms with Gasteiger partial charge in [0.25, 0.3) is 0 Å². The molecule has 0 aliphatic heterocycles. The molecule has 7 heteroatoms. The Labute approximate surface area is 154 Å². The molecule has 4 aromatic rings. The van der Waals surface area contributed by atoms with E-state index in [1.807, 2.05) is 62.4 Å². The predicted molar refractivity (Wildman–Crippen MR) is 103 cm³/mol. The van der Waals surface area contributed by atoms with E-state index in [0.717, 1.165) is 27.8 Å². The maximum absolute atomic E-state index is 12.5. The second-order valence-corrected chi connectivity index (χ2v) is 7.30. The zero-order valence-electron chi connectivity index (χ0n) is 14.4. The van der Waals surface area contributed by atoms with Crippen molar-refractivity contribution in [3.63, 3.8) is 0 Å². The first-order valence-electron chi connectivity index (χ1n) is 8.25. The molecule has 1 amide bonds. The standard InChI is InChI=1S/C19H17N5OS/c1-12-7-3-5-9-15(12)21-18(25)13(2)26-19-22-17-14-8-4-6-10-16(14)20-11-24(17)23-19/h3-11,13H,1-2H3,(H,21,25). The molecule has 1 unspecified atom stereocenters. The minimum absolute atomic E-state index is 0.0776. The predicted octanol–water partition coefficient (Wildman–Crippen LogP) is 3.71. The molecule has 0 aliphatic carbocycles. The maximum atomic E-state index is 12.5. The Morgan fingerprint density at radius 3 is 2.77 bits per heavy atom. The summed E-state index contributed by atoms with van der Waals surface area (Å²) < 4.78 is 1.65. The van der Waals surface area contributed by atoms with Crippen molar-refractivity contribution >= 4 is 39.9 Å². The Bertz CT molecular complexity index is 1110. The largest absolute Gasteiger partial charge is 0.325 e. The van der Waals surface area contributed by atoms with E-state index in [0.29, 0.717) is 5.16 Å². The van der Waals surface area contributed by atoms with Crippen LogP contribution in [0, 0.1) is 6.92 Å². The molecule has 0 fully saturated rings. The van der Waals surface area contributed by atoms with Gasteiger partial charge in [0.15, 0.2) is 5.65 Å². The zero-order chi connectivity index (χ0) is 18.1. The molecule has 0 spiro atoms. The number of amides is 1. The quantitative estimate of drug-likeness (QED) is 0.560. The highest BCUT2D eigenvalue weighted by molar-refractivity contribution is 8.00. The Morgan fingerprint density at radius 1 is 1.15 bits per heavy atom. The number of fused-ring (bicyclic) bond motifs is 3. The van der Waals surface area contributed by atoms with Crippen LogP contribution in [-0.4, -0.2) is 30.7 Å². The topological polar surface area (TPSA) is 72.2 Å². The third-order valence-electron chi connectivity index (χ3n) is 4.12. The van der Waals surface area contributed by atoms with Gasteiger partial charge in [0.2, 0.25) is 11.1 Å². The number of aromatic nitrogens is 4. The number of anilines is 1. The van der Waals surface area contributed by atoms with Gasteiger partial charge in [-0.3, -0.25) is 4.79 Å². The molecule has 2 heterocycles. The Kier molecular flexibility index (Phi) is 4.30. The minimum Gasteiger partial charge on any atom is -0.325 e. The summed E-state index contributed by atoms with van der Waals surface area (Å²) in [4.78, 5) is 21.4. The van der Waals surface area contributed by atoms with Crippen LogP contribution in [0.5, 0.6) is 0 Å². The van der Waals surface area contributed by atoms with Crippen molar-refractivity contribution < 1.29 is 4.79 Å². The average molecular weight is 363 g/mol. The highest BCUT2D eigenvalue weighted by Crippen LogP contribution is 2.24. The first-order valence-corrected chi connectivity index (χ1v) is 9.13. The first kappa shape index (κ1) is 16.5. The number of thioether (sulfide) groups is 1. The molecule has 26 heavy (non-hydrogen) atoms. The lowest BCUT2D eigenvalue weighted by molar-refractivity contribution is -0.115. The Balaban J connectivity index is 1.55. The molecule has 0 radical (unpaired) electrons. The number of hydrogen-bond donors (Lipinski definition) is 1. The fraction of sp³-hybridized carbons (Fsp3) is 0.158. The molecule has 2 aromatic heterocycles. The van der Waals surface area contributed by atoms with Crippen LogP contribution in [0.3, 0.4) is 0 Å². The van der Waals surface area contributed by atoms with E-state index in [9.17, 15) is 4.79 Å². The van der Waals surface area contributed by atoms with Gasteiger partial charge in [0.05, 0.1) is 10.8 Å². The molecule has 1 atom stereocenters. The third-order valence-corrected chi connectivity index (χ3v) is 5.07. The number of para-hydroxylation sites is 2. The number of carbonyl (C=O) groups excluding carboxylic acids is 1. The van der Waals surface area contributed by atoms with Crippen LogP contribution >= 0.6 is 11.8 Å². The SMILES string of the molecule is Cc1ccccc1NC(=O)C(C)Sc1nc2c3ccccc3ncn2n1. The van der Waals surface area contributed by atoms with Gasteiger partial charge in [-0.2, -0.15) is 0 Å². The van der Waals surface area contributed by atoms with Crippen LogP contribution in [0.2, 0.25) is 0 Å². The Hall–Kier alpha value is -2.93. The normalized spacial score (nSPS) is 12.4. The van der Waals surface area contributed by atoms with Crippen LogP contribution < -0.4 is 5.32 Å². The van der Waals surface area contributed by atoms with Crippen molar-refractivity contribution in [2.75, 3.05) is 5.32 Å². The molecule has 2 aromatic carbocycles. The summed E-state index contributed by atoms with van der Waals surface area (Å²) in [5, 5.41) is 8.56. The van der Waals surface area contributed by atoms with Crippen LogP contribution in [0.15, 0.2) is 60.0 Å². The summed E-state index contributed by atoms with van der Waals surface area (Å²) in [6.07, 6.45) is 1.65. The van der Waals surface area contributed by atoms with E-state index < -0.39 is 0 Å². The van der Waals surface area contributed by atoms with E-state index in [4.69, 9.17) is 0 Å². The Morgan fingerprint density at radius 2 is 1.92 bits per heavy atom. The van der Waals surface area contributed by atoms with Crippen LogP contribution in [-0.2, 0) is 4.79 Å². The lowest BCUT2D eigenvalue weighted by atomic mass is 10.2. The number of carbonyl (C=O) groups is 1. The summed E-state index contributed by atoms with van der Waals surface area (Å²) in [5.41, 5.74) is 3.46. The molecule has 1 N–H and O–H groups in total. The summed E-state index contributed by atoms with van der Waals surface area (Å²) in [6, 6.07) is 15.5. The van der Waals surface area contributed by atoms with Gasteiger partial charge in [0, 0.05) is 11.1 Å². The number of benzene rings is 2. The zero-order valence-corrected chi connectivity index (χ0v) is 15.2. The second-order valence-electron chi connectivity index (χ2n) is 5.99. The molecule has 130 valence electrons. The number of hydrogen-bond acceptors (Lipinski definition) is 5. The lowest BCUT2D eigenvalue weighted by Gasteiger charge is -2.11. The van der Waals surface area contributed by atoms with Gasteiger partial charge in [0.1, 0.15) is 6.33 Å². The number of nitrogens with zero attached hydrogens (tertiary/aromatic N) is 4. The van der Waals surface area contributed by atoms with Gasteiger partial charge in [-0.05, 0) is 37.6 Å². The molecule has 0 saturated heterocycles. The van der Waals surface area contributed by atoms with Gasteiger partial charge < -0.3 is 5.32 Å². The highest BCUT2D eigenvalue weighted by Gasteiger charge is 2.18. The molecular weight excluding hydrogens is 346 g/mol. The van der Waals surface area contributed by atoms with Gasteiger partial charge in [-0.1, -0.05) is 42.1 Å².